The molecule has 2 saturated heterocycles. The van der Waals surface area contributed by atoms with Gasteiger partial charge in [-0.3, -0.25) is 19.1 Å². The van der Waals surface area contributed by atoms with Crippen molar-refractivity contribution in [1.29, 1.82) is 0 Å². The number of fused-ring (bicyclic) bond motifs is 3. The molecule has 3 aromatic heterocycles. The molecule has 0 saturated carbocycles. The summed E-state index contributed by atoms with van der Waals surface area (Å²) in [5.74, 6) is -8.27. The monoisotopic (exact) mass is 1110 g/mol. The Morgan fingerprint density at radius 1 is 0.973 bits per heavy atom. The van der Waals surface area contributed by atoms with Crippen LogP contribution in [0.5, 0.6) is 0 Å². The minimum absolute atomic E-state index is 0.0296. The molecule has 2 N–H and O–H groups in total. The van der Waals surface area contributed by atoms with Gasteiger partial charge < -0.3 is 10.4 Å². The van der Waals surface area contributed by atoms with Gasteiger partial charge in [0, 0.05) is 34.9 Å². The molecule has 0 radical (unpaired) electrons. The maximum Gasteiger partial charge on any atom is 0.435 e. The first-order valence-electron chi connectivity index (χ1n) is 21.9. The molecule has 0 spiro atoms. The number of carbonyl (C=O) groups is 3. The lowest BCUT2D eigenvalue weighted by atomic mass is 9.93. The summed E-state index contributed by atoms with van der Waals surface area (Å²) in [4.78, 5) is 45.4. The van der Waals surface area contributed by atoms with E-state index in [0.717, 1.165) is 56.5 Å². The number of benzene rings is 2. The lowest BCUT2D eigenvalue weighted by Crippen LogP contribution is -2.42. The minimum Gasteiger partial charge on any atom is -0.480 e. The van der Waals surface area contributed by atoms with Crippen LogP contribution in [-0.4, -0.2) is 97.9 Å². The number of sulfone groups is 1. The Bertz CT molecular complexity index is 3480. The molecule has 3 aliphatic rings. The van der Waals surface area contributed by atoms with E-state index in [-0.39, 0.29) is 43.3 Å². The molecule has 1 aliphatic carbocycles. The highest BCUT2D eigenvalue weighted by Gasteiger charge is 2.60. The summed E-state index contributed by atoms with van der Waals surface area (Å²) in [5, 5.41) is 16.6. The van der Waals surface area contributed by atoms with Crippen molar-refractivity contribution < 1.29 is 80.2 Å². The molecule has 29 heteroatoms. The zero-order valence-electron chi connectivity index (χ0n) is 38.9. The number of aromatic nitrogens is 5. The number of carbonyl (C=O) groups excluding carboxylic acids is 2. The third kappa shape index (κ3) is 9.38. The van der Waals surface area contributed by atoms with Crippen LogP contribution in [0.15, 0.2) is 42.5 Å². The Kier molecular flexibility index (Phi) is 13.2. The number of carboxylic acids is 1. The van der Waals surface area contributed by atoms with Crippen molar-refractivity contribution in [2.75, 3.05) is 10.6 Å². The normalized spacial score (nSPS) is 20.9. The first-order chi connectivity index (χ1) is 34.0. The van der Waals surface area contributed by atoms with Crippen LogP contribution in [0, 0.1) is 29.4 Å². The number of sulfonamides is 1. The Labute approximate surface area is 418 Å². The first kappa shape index (κ1) is 53.8. The number of nitrogens with zero attached hydrogens (tertiary/aromatic N) is 7. The van der Waals surface area contributed by atoms with Gasteiger partial charge in [-0.25, -0.2) is 40.2 Å². The lowest BCUT2D eigenvalue weighted by Gasteiger charge is -2.24. The molecule has 2 aliphatic heterocycles. The summed E-state index contributed by atoms with van der Waals surface area (Å²) in [6.45, 7) is 1.21. The third-order valence-corrected chi connectivity index (χ3v) is 17.5. The number of hydrogen-bond acceptors (Lipinski definition) is 10. The molecule has 0 bridgehead atoms. The Hall–Kier alpha value is -6.47. The van der Waals surface area contributed by atoms with Gasteiger partial charge in [-0.05, 0) is 80.8 Å². The van der Waals surface area contributed by atoms with Crippen LogP contribution in [0.1, 0.15) is 86.4 Å². The molecule has 16 nitrogen and oxygen atoms in total. The van der Waals surface area contributed by atoms with Crippen LogP contribution in [0.4, 0.5) is 54.5 Å². The molecule has 1 unspecified atom stereocenters. The summed E-state index contributed by atoms with van der Waals surface area (Å²) >= 11 is 6.65. The van der Waals surface area contributed by atoms with Gasteiger partial charge in [-0.1, -0.05) is 37.4 Å². The van der Waals surface area contributed by atoms with E-state index in [1.165, 1.54) is 13.8 Å². The average Bonchev–Trinajstić information content (AvgIpc) is 4.05. The number of carboxylic acid groups (broad SMARTS) is 1. The standard InChI is InChI=1S/C45H39ClF10N8O8S2/c1-20-21(2)44(52,53)38-33(20)37(45(54,55)56)59-61(38)18-31(65)58-29(16-22-14-23(47)17-24(48)15-22)35-26(7-6-25(57-35)12-13-42(3,4)73(5,69)70)27-8-9-28(46)34-36(27)62(19-43(49,50)51)60-39(34)64-41(68)63-30(40(66)67)10-11-32(63)74(64,71)72/h6-9,14-15,17,20-21,29-30,32H,10-11,16,18-19H2,1-5H3,(H,58,65)(H,66,67)/t20-,21+,29-,30-,32?/m0/s1. The van der Waals surface area contributed by atoms with Crippen LogP contribution >= 0.6 is 11.6 Å². The number of hydrogen-bond donors (Lipinski definition) is 2. The average molecular weight is 1110 g/mol. The number of pyridine rings is 1. The Morgan fingerprint density at radius 2 is 1.61 bits per heavy atom. The Balaban J connectivity index is 1.37. The zero-order valence-corrected chi connectivity index (χ0v) is 41.3. The van der Waals surface area contributed by atoms with E-state index in [2.05, 4.69) is 32.3 Å². The number of urea groups is 1. The molecule has 2 aromatic carbocycles. The van der Waals surface area contributed by atoms with Gasteiger partial charge in [0.1, 0.15) is 46.9 Å². The number of aliphatic carboxylic acids is 1. The lowest BCUT2D eigenvalue weighted by molar-refractivity contribution is -0.143. The fourth-order valence-corrected chi connectivity index (χ4v) is 11.6. The molecule has 3 amide bonds. The third-order valence-electron chi connectivity index (χ3n) is 13.3. The molecule has 5 heterocycles. The van der Waals surface area contributed by atoms with Crippen LogP contribution < -0.4 is 9.62 Å². The zero-order chi connectivity index (χ0) is 54.7. The quantitative estimate of drug-likeness (QED) is 0.0955. The summed E-state index contributed by atoms with van der Waals surface area (Å²) in [6, 6.07) is 1.44. The summed E-state index contributed by atoms with van der Waals surface area (Å²) in [7, 11) is -8.90. The maximum atomic E-state index is 15.8. The number of anilines is 1. The highest BCUT2D eigenvalue weighted by atomic mass is 35.5. The number of rotatable bonds is 11. The highest BCUT2D eigenvalue weighted by molar-refractivity contribution is 7.94. The van der Waals surface area contributed by atoms with Crippen molar-refractivity contribution in [3.05, 3.63) is 93.0 Å². The molecule has 5 atom stereocenters. The van der Waals surface area contributed by atoms with E-state index < -0.39 is 171 Å². The number of alkyl halides is 8. The molecule has 2 fully saturated rings. The molecule has 74 heavy (non-hydrogen) atoms. The molecule has 396 valence electrons. The van der Waals surface area contributed by atoms with Crippen molar-refractivity contribution in [2.24, 2.45) is 5.92 Å². The molecular weight excluding hydrogens is 1070 g/mol. The summed E-state index contributed by atoms with van der Waals surface area (Å²) < 4.78 is 200. The van der Waals surface area contributed by atoms with Gasteiger partial charge in [0.2, 0.25) is 5.91 Å². The van der Waals surface area contributed by atoms with E-state index >= 15 is 8.78 Å². The van der Waals surface area contributed by atoms with Crippen LogP contribution in [0.2, 0.25) is 5.02 Å². The summed E-state index contributed by atoms with van der Waals surface area (Å²) in [6.07, 6.45) is -11.0. The van der Waals surface area contributed by atoms with Gasteiger partial charge in [-0.2, -0.15) is 49.6 Å². The van der Waals surface area contributed by atoms with Crippen molar-refractivity contribution >= 4 is 66.1 Å². The fraction of sp³-hybridized carbons (Fsp3) is 0.422. The Morgan fingerprint density at radius 3 is 2.20 bits per heavy atom. The number of halogens is 11. The van der Waals surface area contributed by atoms with Crippen molar-refractivity contribution in [3.63, 3.8) is 0 Å². The number of amides is 3. The van der Waals surface area contributed by atoms with Crippen molar-refractivity contribution in [3.8, 4) is 23.0 Å². The van der Waals surface area contributed by atoms with E-state index in [1.54, 1.807) is 0 Å². The predicted octanol–water partition coefficient (Wildman–Crippen LogP) is 8.07. The highest BCUT2D eigenvalue weighted by Crippen LogP contribution is 2.55. The van der Waals surface area contributed by atoms with Crippen molar-refractivity contribution in [1.82, 2.24) is 34.8 Å². The molecule has 8 rings (SSSR count). The van der Waals surface area contributed by atoms with E-state index in [1.807, 2.05) is 0 Å². The van der Waals surface area contributed by atoms with Crippen molar-refractivity contribution in [2.45, 2.75) is 106 Å². The first-order valence-corrected chi connectivity index (χ1v) is 25.7. The molecular formula is C45H39ClF10N8O8S2. The largest absolute Gasteiger partial charge is 0.480 e. The minimum atomic E-state index is -5.28. The van der Waals surface area contributed by atoms with Crippen LogP contribution in [-0.2, 0) is 61.1 Å². The number of nitrogens with one attached hydrogen (secondary N) is 1. The second kappa shape index (κ2) is 18.1. The second-order valence-corrected chi connectivity index (χ2v) is 23.4. The van der Waals surface area contributed by atoms with Gasteiger partial charge >= 0.3 is 24.4 Å². The topological polar surface area (TPSA) is 207 Å². The SMILES string of the molecule is C[C@@H]1c2c(C(F)(F)F)nn(CC(=O)N[C@@H](Cc3cc(F)cc(F)c3)c3nc(C#CC(C)(C)S(C)(=O)=O)ccc3-c3ccc(Cl)c4c(N5C(=O)N6C(CC[C@H]6C(=O)O)S5(=O)=O)nn(CC(F)(F)F)c34)c2C(F)(F)[C@@H]1C. The van der Waals surface area contributed by atoms with Crippen LogP contribution in [0.3, 0.4) is 0 Å². The summed E-state index contributed by atoms with van der Waals surface area (Å²) in [5.41, 5.74) is -6.29. The van der Waals surface area contributed by atoms with E-state index in [9.17, 15) is 71.4 Å². The van der Waals surface area contributed by atoms with E-state index in [0.29, 0.717) is 11.0 Å². The molecule has 5 aromatic rings. The fourth-order valence-electron chi connectivity index (χ4n) is 9.29. The maximum absolute atomic E-state index is 15.8. The van der Waals surface area contributed by atoms with Crippen LogP contribution in [0.25, 0.3) is 22.0 Å². The van der Waals surface area contributed by atoms with Gasteiger partial charge in [0.05, 0.1) is 27.7 Å². The van der Waals surface area contributed by atoms with Gasteiger partial charge in [0.15, 0.2) is 26.7 Å². The second-order valence-electron chi connectivity index (χ2n) is 18.5. The smallest absolute Gasteiger partial charge is 0.435 e. The van der Waals surface area contributed by atoms with Gasteiger partial charge in [-0.15, -0.1) is 0 Å². The van der Waals surface area contributed by atoms with Gasteiger partial charge in [0.25, 0.3) is 15.9 Å². The van der Waals surface area contributed by atoms with E-state index in [4.69, 9.17) is 11.6 Å². The predicted molar refractivity (Wildman–Crippen MR) is 243 cm³/mol.